The van der Waals surface area contributed by atoms with Crippen molar-refractivity contribution in [2.45, 2.75) is 18.9 Å². The number of guanidine groups is 1. The Kier molecular flexibility index (Phi) is 7.73. The van der Waals surface area contributed by atoms with Gasteiger partial charge >= 0.3 is 0 Å². The van der Waals surface area contributed by atoms with Crippen LogP contribution in [0.3, 0.4) is 0 Å². The second-order valence-corrected chi connectivity index (χ2v) is 7.12. The van der Waals surface area contributed by atoms with E-state index in [0.29, 0.717) is 12.5 Å². The third-order valence-corrected chi connectivity index (χ3v) is 5.11. The zero-order valence-corrected chi connectivity index (χ0v) is 16.9. The van der Waals surface area contributed by atoms with Crippen LogP contribution < -0.4 is 10.1 Å². The predicted molar refractivity (Wildman–Crippen MR) is 114 cm³/mol. The smallest absolute Gasteiger partial charge is 0.193 e. The molecule has 0 saturated carbocycles. The van der Waals surface area contributed by atoms with Gasteiger partial charge in [-0.15, -0.1) is 0 Å². The molecular weight excluding hydrogens is 350 g/mol. The highest BCUT2D eigenvalue weighted by Gasteiger charge is 2.27. The highest BCUT2D eigenvalue weighted by atomic mass is 16.5. The van der Waals surface area contributed by atoms with Gasteiger partial charge in [-0.1, -0.05) is 48.5 Å². The molecule has 3 rings (SSSR count). The van der Waals surface area contributed by atoms with E-state index < -0.39 is 0 Å². The van der Waals surface area contributed by atoms with E-state index in [-0.39, 0.29) is 6.10 Å². The minimum atomic E-state index is 0.146. The van der Waals surface area contributed by atoms with Gasteiger partial charge in [0.15, 0.2) is 5.96 Å². The lowest BCUT2D eigenvalue weighted by atomic mass is 9.89. The van der Waals surface area contributed by atoms with Crippen LogP contribution in [0.15, 0.2) is 65.7 Å². The molecule has 0 aliphatic carbocycles. The summed E-state index contributed by atoms with van der Waals surface area (Å²) in [5.41, 5.74) is 1.26. The Labute approximate surface area is 168 Å². The highest BCUT2D eigenvalue weighted by Crippen LogP contribution is 2.33. The molecule has 1 N–H and O–H groups in total. The summed E-state index contributed by atoms with van der Waals surface area (Å²) in [5.74, 6) is 2.21. The summed E-state index contributed by atoms with van der Waals surface area (Å²) in [5, 5.41) is 3.53. The number of aliphatic imine (C=N–C) groups is 1. The molecule has 5 heteroatoms. The molecule has 0 spiro atoms. The molecule has 5 nitrogen and oxygen atoms in total. The van der Waals surface area contributed by atoms with Crippen LogP contribution in [-0.2, 0) is 4.74 Å². The fourth-order valence-electron chi connectivity index (χ4n) is 3.59. The van der Waals surface area contributed by atoms with Gasteiger partial charge in [-0.2, -0.15) is 0 Å². The molecule has 1 aliphatic heterocycles. The Balaban J connectivity index is 1.49. The molecular formula is C23H31N3O2. The van der Waals surface area contributed by atoms with Crippen LogP contribution >= 0.6 is 0 Å². The summed E-state index contributed by atoms with van der Waals surface area (Å²) in [6, 6.07) is 20.4. The molecule has 2 atom stereocenters. The Bertz CT molecular complexity index is 721. The molecule has 0 bridgehead atoms. The van der Waals surface area contributed by atoms with E-state index in [4.69, 9.17) is 9.47 Å². The molecule has 2 unspecified atom stereocenters. The maximum Gasteiger partial charge on any atom is 0.193 e. The van der Waals surface area contributed by atoms with Crippen molar-refractivity contribution in [3.05, 3.63) is 66.2 Å². The van der Waals surface area contributed by atoms with E-state index in [0.717, 1.165) is 44.2 Å². The number of hydrogen-bond acceptors (Lipinski definition) is 3. The fraction of sp³-hybridized carbons (Fsp3) is 0.435. The van der Waals surface area contributed by atoms with Crippen molar-refractivity contribution in [3.8, 4) is 5.75 Å². The number of hydrogen-bond donors (Lipinski definition) is 1. The van der Waals surface area contributed by atoms with Gasteiger partial charge in [0, 0.05) is 33.2 Å². The van der Waals surface area contributed by atoms with Crippen molar-refractivity contribution in [2.75, 3.05) is 40.4 Å². The SMILES string of the molecule is CN=C(NCC1CCCOC1c1ccccc1)N(C)CCOc1ccccc1. The van der Waals surface area contributed by atoms with Crippen molar-refractivity contribution in [1.29, 1.82) is 0 Å². The monoisotopic (exact) mass is 381 g/mol. The molecule has 1 fully saturated rings. The molecule has 2 aromatic carbocycles. The number of likely N-dealkylation sites (N-methyl/N-ethyl adjacent to an activating group) is 1. The zero-order valence-electron chi connectivity index (χ0n) is 16.9. The second kappa shape index (κ2) is 10.7. The van der Waals surface area contributed by atoms with Crippen molar-refractivity contribution in [2.24, 2.45) is 10.9 Å². The first-order chi connectivity index (χ1) is 13.8. The molecule has 150 valence electrons. The largest absolute Gasteiger partial charge is 0.492 e. The Hall–Kier alpha value is -2.53. The van der Waals surface area contributed by atoms with E-state index in [1.165, 1.54) is 5.56 Å². The molecule has 1 saturated heterocycles. The summed E-state index contributed by atoms with van der Waals surface area (Å²) in [7, 11) is 3.86. The quantitative estimate of drug-likeness (QED) is 0.586. The Morgan fingerprint density at radius 3 is 2.57 bits per heavy atom. The number of benzene rings is 2. The number of nitrogens with zero attached hydrogens (tertiary/aromatic N) is 2. The highest BCUT2D eigenvalue weighted by molar-refractivity contribution is 5.79. The van der Waals surface area contributed by atoms with E-state index in [9.17, 15) is 0 Å². The summed E-state index contributed by atoms with van der Waals surface area (Å²) < 4.78 is 11.9. The molecule has 2 aromatic rings. The Morgan fingerprint density at radius 2 is 1.86 bits per heavy atom. The maximum atomic E-state index is 6.10. The molecule has 1 heterocycles. The minimum Gasteiger partial charge on any atom is -0.492 e. The van der Waals surface area contributed by atoms with Gasteiger partial charge in [-0.05, 0) is 30.5 Å². The standard InChI is InChI=1S/C23H31N3O2/c1-24-23(26(2)15-17-27-21-13-7-4-8-14-21)25-18-20-12-9-16-28-22(20)19-10-5-3-6-11-19/h3-8,10-11,13-14,20,22H,9,12,15-18H2,1-2H3,(H,24,25). The lowest BCUT2D eigenvalue weighted by molar-refractivity contribution is -0.0266. The van der Waals surface area contributed by atoms with Crippen molar-refractivity contribution in [3.63, 3.8) is 0 Å². The molecule has 0 aromatic heterocycles. The topological polar surface area (TPSA) is 46.1 Å². The average molecular weight is 382 g/mol. The van der Waals surface area contributed by atoms with Crippen LogP contribution in [0.5, 0.6) is 5.75 Å². The average Bonchev–Trinajstić information content (AvgIpc) is 2.76. The zero-order chi connectivity index (χ0) is 19.6. The lowest BCUT2D eigenvalue weighted by Crippen LogP contribution is -2.44. The summed E-state index contributed by atoms with van der Waals surface area (Å²) in [6.07, 6.45) is 2.41. The van der Waals surface area contributed by atoms with E-state index in [2.05, 4.69) is 39.5 Å². The van der Waals surface area contributed by atoms with Crippen LogP contribution in [0, 0.1) is 5.92 Å². The summed E-state index contributed by atoms with van der Waals surface area (Å²) in [6.45, 7) is 3.05. The van der Waals surface area contributed by atoms with Gasteiger partial charge in [-0.3, -0.25) is 4.99 Å². The van der Waals surface area contributed by atoms with Crippen LogP contribution in [0.25, 0.3) is 0 Å². The third-order valence-electron chi connectivity index (χ3n) is 5.11. The molecule has 0 radical (unpaired) electrons. The van der Waals surface area contributed by atoms with E-state index in [1.807, 2.05) is 50.5 Å². The maximum absolute atomic E-state index is 6.10. The second-order valence-electron chi connectivity index (χ2n) is 7.12. The van der Waals surface area contributed by atoms with Gasteiger partial charge in [0.05, 0.1) is 12.6 Å². The van der Waals surface area contributed by atoms with Crippen molar-refractivity contribution >= 4 is 5.96 Å². The normalized spacial score (nSPS) is 19.9. The van der Waals surface area contributed by atoms with Crippen molar-refractivity contribution in [1.82, 2.24) is 10.2 Å². The first-order valence-electron chi connectivity index (χ1n) is 10.0. The lowest BCUT2D eigenvalue weighted by Gasteiger charge is -2.33. The summed E-state index contributed by atoms with van der Waals surface area (Å²) >= 11 is 0. The third kappa shape index (κ3) is 5.73. The van der Waals surface area contributed by atoms with Gasteiger partial charge in [0.25, 0.3) is 0 Å². The molecule has 1 aliphatic rings. The van der Waals surface area contributed by atoms with Gasteiger partial charge in [0.2, 0.25) is 0 Å². The van der Waals surface area contributed by atoms with Crippen LogP contribution in [-0.4, -0.2) is 51.3 Å². The number of nitrogens with one attached hydrogen (secondary N) is 1. The first kappa shape index (κ1) is 20.2. The van der Waals surface area contributed by atoms with Gasteiger partial charge in [-0.25, -0.2) is 0 Å². The van der Waals surface area contributed by atoms with Gasteiger partial charge < -0.3 is 19.7 Å². The van der Waals surface area contributed by atoms with E-state index >= 15 is 0 Å². The van der Waals surface area contributed by atoms with Gasteiger partial charge in [0.1, 0.15) is 12.4 Å². The van der Waals surface area contributed by atoms with Crippen LogP contribution in [0.2, 0.25) is 0 Å². The Morgan fingerprint density at radius 1 is 1.14 bits per heavy atom. The van der Waals surface area contributed by atoms with Crippen LogP contribution in [0.1, 0.15) is 24.5 Å². The predicted octanol–water partition coefficient (Wildman–Crippen LogP) is 3.74. The number of para-hydroxylation sites is 1. The molecule has 28 heavy (non-hydrogen) atoms. The number of rotatable bonds is 7. The number of ether oxygens (including phenoxy) is 2. The van der Waals surface area contributed by atoms with Crippen molar-refractivity contribution < 1.29 is 9.47 Å². The first-order valence-corrected chi connectivity index (χ1v) is 10.0. The summed E-state index contributed by atoms with van der Waals surface area (Å²) in [4.78, 5) is 6.53. The molecule has 0 amide bonds. The minimum absolute atomic E-state index is 0.146. The fourth-order valence-corrected chi connectivity index (χ4v) is 3.59. The van der Waals surface area contributed by atoms with E-state index in [1.54, 1.807) is 0 Å². The van der Waals surface area contributed by atoms with Crippen LogP contribution in [0.4, 0.5) is 0 Å².